The smallest absolute Gasteiger partial charge is 0.439 e. The number of nitrogens with one attached hydrogen (secondary N) is 1. The molecule has 112 valence electrons. The Kier molecular flexibility index (Phi) is 3.94. The molecular weight excluding hydrogens is 292 g/mol. The standard InChI is InChI=1S/C12H10F4N4O/c1-6-4-7(13)2-3-8(6)21-10-5-9(20-17)18-11(19-10)12(14,15)16/h2-5H,17H2,1H3,(H,18,19,20). The summed E-state index contributed by atoms with van der Waals surface area (Å²) in [6.45, 7) is 1.55. The Bertz CT molecular complexity index is 660. The van der Waals surface area contributed by atoms with Crippen LogP contribution >= 0.6 is 0 Å². The molecule has 0 aliphatic heterocycles. The fourth-order valence-corrected chi connectivity index (χ4v) is 1.52. The topological polar surface area (TPSA) is 73.1 Å². The first kappa shape index (κ1) is 15.0. The number of nitrogens with zero attached hydrogens (tertiary/aromatic N) is 2. The molecule has 2 aromatic rings. The molecule has 5 nitrogen and oxygen atoms in total. The summed E-state index contributed by atoms with van der Waals surface area (Å²) in [6, 6.07) is 4.69. The summed E-state index contributed by atoms with van der Waals surface area (Å²) in [4.78, 5) is 6.45. The molecule has 3 N–H and O–H groups in total. The van der Waals surface area contributed by atoms with Crippen molar-refractivity contribution in [2.24, 2.45) is 5.84 Å². The highest BCUT2D eigenvalue weighted by molar-refractivity contribution is 5.41. The lowest BCUT2D eigenvalue weighted by molar-refractivity contribution is -0.145. The molecule has 0 fully saturated rings. The molecule has 0 amide bonds. The summed E-state index contributed by atoms with van der Waals surface area (Å²) in [6.07, 6.45) is -4.75. The third kappa shape index (κ3) is 3.57. The zero-order valence-corrected chi connectivity index (χ0v) is 10.7. The monoisotopic (exact) mass is 302 g/mol. The van der Waals surface area contributed by atoms with Crippen LogP contribution in [-0.4, -0.2) is 9.97 Å². The SMILES string of the molecule is Cc1cc(F)ccc1Oc1cc(NN)nc(C(F)(F)F)n1. The number of benzene rings is 1. The van der Waals surface area contributed by atoms with Gasteiger partial charge in [-0.25, -0.2) is 15.2 Å². The molecule has 0 aliphatic rings. The van der Waals surface area contributed by atoms with Gasteiger partial charge < -0.3 is 10.2 Å². The summed E-state index contributed by atoms with van der Waals surface area (Å²) in [7, 11) is 0. The van der Waals surface area contributed by atoms with E-state index in [1.165, 1.54) is 12.1 Å². The first-order valence-electron chi connectivity index (χ1n) is 5.66. The fourth-order valence-electron chi connectivity index (χ4n) is 1.52. The summed E-state index contributed by atoms with van der Waals surface area (Å²) < 4.78 is 56.2. The number of hydrogen-bond acceptors (Lipinski definition) is 5. The van der Waals surface area contributed by atoms with Crippen molar-refractivity contribution in [1.29, 1.82) is 0 Å². The Labute approximate surface area is 116 Å². The van der Waals surface area contributed by atoms with Crippen LogP contribution in [0.25, 0.3) is 0 Å². The van der Waals surface area contributed by atoms with Crippen LogP contribution in [0.2, 0.25) is 0 Å². The number of alkyl halides is 3. The third-order valence-electron chi connectivity index (χ3n) is 2.46. The first-order valence-corrected chi connectivity index (χ1v) is 5.66. The summed E-state index contributed by atoms with van der Waals surface area (Å²) >= 11 is 0. The van der Waals surface area contributed by atoms with E-state index in [9.17, 15) is 17.6 Å². The lowest BCUT2D eigenvalue weighted by Gasteiger charge is -2.11. The van der Waals surface area contributed by atoms with Crippen LogP contribution in [0.3, 0.4) is 0 Å². The van der Waals surface area contributed by atoms with E-state index >= 15 is 0 Å². The van der Waals surface area contributed by atoms with Gasteiger partial charge in [-0.15, -0.1) is 0 Å². The maximum atomic E-state index is 13.0. The van der Waals surface area contributed by atoms with Crippen LogP contribution in [0, 0.1) is 12.7 Å². The van der Waals surface area contributed by atoms with Crippen molar-refractivity contribution in [3.63, 3.8) is 0 Å². The summed E-state index contributed by atoms with van der Waals surface area (Å²) in [5.74, 6) is 2.74. The number of nitrogen functional groups attached to an aromatic ring is 1. The van der Waals surface area contributed by atoms with Gasteiger partial charge in [0.1, 0.15) is 17.4 Å². The van der Waals surface area contributed by atoms with Gasteiger partial charge in [-0.3, -0.25) is 0 Å². The minimum Gasteiger partial charge on any atom is -0.439 e. The molecule has 2 rings (SSSR count). The lowest BCUT2D eigenvalue weighted by Crippen LogP contribution is -2.16. The van der Waals surface area contributed by atoms with Crippen molar-refractivity contribution < 1.29 is 22.3 Å². The molecule has 0 saturated carbocycles. The van der Waals surface area contributed by atoms with Gasteiger partial charge in [0, 0.05) is 6.07 Å². The number of hydrogen-bond donors (Lipinski definition) is 2. The number of aromatic nitrogens is 2. The molecule has 0 saturated heterocycles. The quantitative estimate of drug-likeness (QED) is 0.518. The lowest BCUT2D eigenvalue weighted by atomic mass is 10.2. The molecule has 0 aliphatic carbocycles. The molecule has 9 heteroatoms. The Hall–Kier alpha value is -2.42. The van der Waals surface area contributed by atoms with Crippen LogP contribution in [0.15, 0.2) is 24.3 Å². The normalized spacial score (nSPS) is 11.3. The largest absolute Gasteiger partial charge is 0.451 e. The van der Waals surface area contributed by atoms with Gasteiger partial charge >= 0.3 is 6.18 Å². The van der Waals surface area contributed by atoms with Gasteiger partial charge in [-0.2, -0.15) is 18.2 Å². The Morgan fingerprint density at radius 2 is 1.90 bits per heavy atom. The van der Waals surface area contributed by atoms with Gasteiger partial charge in [-0.05, 0) is 30.7 Å². The number of rotatable bonds is 3. The van der Waals surface area contributed by atoms with E-state index in [4.69, 9.17) is 10.6 Å². The summed E-state index contributed by atoms with van der Waals surface area (Å²) in [5.41, 5.74) is 2.41. The zero-order valence-electron chi connectivity index (χ0n) is 10.7. The molecule has 1 aromatic heterocycles. The first-order chi connectivity index (χ1) is 9.79. The van der Waals surface area contributed by atoms with E-state index in [1.807, 2.05) is 5.43 Å². The average Bonchev–Trinajstić information content (AvgIpc) is 2.40. The molecule has 0 atom stereocenters. The number of aryl methyl sites for hydroxylation is 1. The highest BCUT2D eigenvalue weighted by atomic mass is 19.4. The van der Waals surface area contributed by atoms with Gasteiger partial charge in [0.05, 0.1) is 0 Å². The second-order valence-electron chi connectivity index (χ2n) is 4.07. The Morgan fingerprint density at radius 1 is 1.19 bits per heavy atom. The van der Waals surface area contributed by atoms with E-state index in [2.05, 4.69) is 9.97 Å². The van der Waals surface area contributed by atoms with Gasteiger partial charge in [-0.1, -0.05) is 0 Å². The molecular formula is C12H10F4N4O. The third-order valence-corrected chi connectivity index (χ3v) is 2.46. The maximum absolute atomic E-state index is 13.0. The van der Waals surface area contributed by atoms with E-state index in [0.29, 0.717) is 5.56 Å². The highest BCUT2D eigenvalue weighted by Gasteiger charge is 2.35. The molecule has 0 unspecified atom stereocenters. The van der Waals surface area contributed by atoms with Crippen LogP contribution in [0.1, 0.15) is 11.4 Å². The van der Waals surface area contributed by atoms with Gasteiger partial charge in [0.25, 0.3) is 0 Å². The molecule has 1 aromatic carbocycles. The molecule has 0 bridgehead atoms. The van der Waals surface area contributed by atoms with Crippen molar-refractivity contribution in [2.75, 3.05) is 5.43 Å². The van der Waals surface area contributed by atoms with Crippen molar-refractivity contribution in [3.8, 4) is 11.6 Å². The number of hydrazine groups is 1. The van der Waals surface area contributed by atoms with Gasteiger partial charge in [0.15, 0.2) is 0 Å². The number of halogens is 4. The Morgan fingerprint density at radius 3 is 2.48 bits per heavy atom. The molecule has 0 radical (unpaired) electrons. The number of nitrogens with two attached hydrogens (primary N) is 1. The van der Waals surface area contributed by atoms with E-state index in [0.717, 1.165) is 12.1 Å². The molecule has 1 heterocycles. The minimum atomic E-state index is -4.75. The summed E-state index contributed by atoms with van der Waals surface area (Å²) in [5, 5.41) is 0. The van der Waals surface area contributed by atoms with Crippen LogP contribution in [0.4, 0.5) is 23.4 Å². The fraction of sp³-hybridized carbons (Fsp3) is 0.167. The number of anilines is 1. The second kappa shape index (κ2) is 5.52. The van der Waals surface area contributed by atoms with Crippen LogP contribution < -0.4 is 16.0 Å². The predicted octanol–water partition coefficient (Wildman–Crippen LogP) is 3.02. The average molecular weight is 302 g/mol. The highest BCUT2D eigenvalue weighted by Crippen LogP contribution is 2.31. The Balaban J connectivity index is 2.39. The minimum absolute atomic E-state index is 0.172. The molecule has 21 heavy (non-hydrogen) atoms. The second-order valence-corrected chi connectivity index (χ2v) is 4.07. The molecule has 0 spiro atoms. The zero-order chi connectivity index (χ0) is 15.6. The van der Waals surface area contributed by atoms with E-state index in [1.54, 1.807) is 6.92 Å². The maximum Gasteiger partial charge on any atom is 0.451 e. The van der Waals surface area contributed by atoms with Crippen molar-refractivity contribution in [3.05, 3.63) is 41.5 Å². The number of ether oxygens (including phenoxy) is 1. The van der Waals surface area contributed by atoms with Crippen LogP contribution in [-0.2, 0) is 6.18 Å². The van der Waals surface area contributed by atoms with Crippen molar-refractivity contribution >= 4 is 5.82 Å². The van der Waals surface area contributed by atoms with Crippen molar-refractivity contribution in [2.45, 2.75) is 13.1 Å². The van der Waals surface area contributed by atoms with E-state index in [-0.39, 0.29) is 17.4 Å². The predicted molar refractivity (Wildman–Crippen MR) is 66.1 cm³/mol. The van der Waals surface area contributed by atoms with Crippen LogP contribution in [0.5, 0.6) is 11.6 Å². The van der Waals surface area contributed by atoms with Gasteiger partial charge in [0.2, 0.25) is 11.7 Å². The van der Waals surface area contributed by atoms with Crippen molar-refractivity contribution in [1.82, 2.24) is 9.97 Å². The van der Waals surface area contributed by atoms with E-state index < -0.39 is 17.8 Å².